The fraction of sp³-hybridized carbons (Fsp3) is 0.100. The van der Waals surface area contributed by atoms with Crippen LogP contribution >= 0.6 is 11.6 Å². The number of halogens is 1. The summed E-state index contributed by atoms with van der Waals surface area (Å²) in [6.07, 6.45) is 0.0569. The van der Waals surface area contributed by atoms with E-state index in [1.54, 1.807) is 61.7 Å². The number of hydrogen-bond donors (Lipinski definition) is 2. The van der Waals surface area contributed by atoms with Crippen LogP contribution in [0.5, 0.6) is 5.75 Å². The Morgan fingerprint density at radius 3 is 2.70 bits per heavy atom. The SMILES string of the molecule is COc1ccc(-c2ccc(C=NNC(=O)[C@@H](O)c3ccccc3)o2)cc1Cl. The van der Waals surface area contributed by atoms with Gasteiger partial charge in [-0.3, -0.25) is 4.79 Å². The summed E-state index contributed by atoms with van der Waals surface area (Å²) in [6.45, 7) is 0. The largest absolute Gasteiger partial charge is 0.495 e. The van der Waals surface area contributed by atoms with Crippen molar-refractivity contribution in [2.75, 3.05) is 7.11 Å². The average Bonchev–Trinajstić information content (AvgIpc) is 3.17. The number of rotatable bonds is 6. The Labute approximate surface area is 161 Å². The van der Waals surface area contributed by atoms with Gasteiger partial charge in [-0.25, -0.2) is 5.43 Å². The molecule has 2 N–H and O–H groups in total. The molecule has 0 spiro atoms. The van der Waals surface area contributed by atoms with Crippen LogP contribution in [0.3, 0.4) is 0 Å². The molecule has 0 saturated carbocycles. The highest BCUT2D eigenvalue weighted by Crippen LogP contribution is 2.30. The van der Waals surface area contributed by atoms with Crippen LogP contribution in [0.15, 0.2) is 70.2 Å². The van der Waals surface area contributed by atoms with Gasteiger partial charge in [-0.2, -0.15) is 5.10 Å². The van der Waals surface area contributed by atoms with Gasteiger partial charge in [-0.05, 0) is 35.9 Å². The van der Waals surface area contributed by atoms with Gasteiger partial charge >= 0.3 is 0 Å². The predicted molar refractivity (Wildman–Crippen MR) is 103 cm³/mol. The maximum atomic E-state index is 11.9. The molecule has 0 bridgehead atoms. The van der Waals surface area contributed by atoms with Crippen LogP contribution in [-0.4, -0.2) is 24.3 Å². The zero-order chi connectivity index (χ0) is 19.2. The Morgan fingerprint density at radius 2 is 2.00 bits per heavy atom. The molecule has 1 atom stereocenters. The van der Waals surface area contributed by atoms with E-state index in [9.17, 15) is 9.90 Å². The number of hydrazone groups is 1. The van der Waals surface area contributed by atoms with Gasteiger partial charge in [0.1, 0.15) is 17.3 Å². The highest BCUT2D eigenvalue weighted by molar-refractivity contribution is 6.32. The first-order valence-electron chi connectivity index (χ1n) is 8.08. The molecular weight excluding hydrogens is 368 g/mol. The van der Waals surface area contributed by atoms with Crippen LogP contribution < -0.4 is 10.2 Å². The van der Waals surface area contributed by atoms with Gasteiger partial charge in [-0.15, -0.1) is 0 Å². The van der Waals surface area contributed by atoms with Gasteiger partial charge in [-0.1, -0.05) is 41.9 Å². The molecule has 138 valence electrons. The van der Waals surface area contributed by atoms with E-state index in [2.05, 4.69) is 10.5 Å². The normalized spacial score (nSPS) is 12.1. The summed E-state index contributed by atoms with van der Waals surface area (Å²) in [6, 6.07) is 17.4. The standard InChI is InChI=1S/C20H17ClN2O4/c1-26-18-9-7-14(11-16(18)21)17-10-8-15(27-17)12-22-23-20(25)19(24)13-5-3-2-4-6-13/h2-12,19,24H,1H3,(H,23,25)/t19-/m0/s1. The molecule has 0 aliphatic heterocycles. The molecule has 0 fully saturated rings. The number of benzene rings is 2. The van der Waals surface area contributed by atoms with Crippen molar-refractivity contribution in [2.24, 2.45) is 5.10 Å². The van der Waals surface area contributed by atoms with E-state index < -0.39 is 12.0 Å². The molecule has 0 aliphatic rings. The molecule has 0 saturated heterocycles. The fourth-order valence-electron chi connectivity index (χ4n) is 2.40. The number of furan rings is 1. The second-order valence-electron chi connectivity index (χ2n) is 5.60. The van der Waals surface area contributed by atoms with E-state index >= 15 is 0 Å². The molecular formula is C20H17ClN2O4. The summed E-state index contributed by atoms with van der Waals surface area (Å²) in [5.41, 5.74) is 3.55. The first-order valence-corrected chi connectivity index (χ1v) is 8.46. The van der Waals surface area contributed by atoms with Crippen LogP contribution in [0.2, 0.25) is 5.02 Å². The zero-order valence-electron chi connectivity index (χ0n) is 14.4. The number of carbonyl (C=O) groups excluding carboxylic acids is 1. The molecule has 3 rings (SSSR count). The minimum Gasteiger partial charge on any atom is -0.495 e. The van der Waals surface area contributed by atoms with Crippen LogP contribution in [-0.2, 0) is 4.79 Å². The lowest BCUT2D eigenvalue weighted by Gasteiger charge is -2.08. The van der Waals surface area contributed by atoms with Crippen LogP contribution in [0.4, 0.5) is 0 Å². The van der Waals surface area contributed by atoms with Crippen LogP contribution in [0, 0.1) is 0 Å². The second kappa shape index (κ2) is 8.53. The number of nitrogens with one attached hydrogen (secondary N) is 1. The summed E-state index contributed by atoms with van der Waals surface area (Å²) in [7, 11) is 1.55. The summed E-state index contributed by atoms with van der Waals surface area (Å²) >= 11 is 6.12. The van der Waals surface area contributed by atoms with E-state index in [4.69, 9.17) is 20.8 Å². The first-order chi connectivity index (χ1) is 13.1. The molecule has 1 amide bonds. The van der Waals surface area contributed by atoms with Crippen LogP contribution in [0.1, 0.15) is 17.4 Å². The van der Waals surface area contributed by atoms with Crippen LogP contribution in [0.25, 0.3) is 11.3 Å². The Morgan fingerprint density at radius 1 is 1.22 bits per heavy atom. The maximum absolute atomic E-state index is 11.9. The maximum Gasteiger partial charge on any atom is 0.273 e. The molecule has 6 nitrogen and oxygen atoms in total. The summed E-state index contributed by atoms with van der Waals surface area (Å²) in [5.74, 6) is 0.975. The number of carbonyl (C=O) groups is 1. The third-order valence-electron chi connectivity index (χ3n) is 3.79. The molecule has 2 aromatic carbocycles. The Bertz CT molecular complexity index is 954. The lowest BCUT2D eigenvalue weighted by molar-refractivity contribution is -0.129. The van der Waals surface area contributed by atoms with Gasteiger partial charge in [0.2, 0.25) is 0 Å². The molecule has 0 aliphatic carbocycles. The topological polar surface area (TPSA) is 84.1 Å². The van der Waals surface area contributed by atoms with E-state index in [1.807, 2.05) is 6.07 Å². The molecule has 3 aromatic rings. The monoisotopic (exact) mass is 384 g/mol. The van der Waals surface area contributed by atoms with Crippen molar-refractivity contribution in [3.63, 3.8) is 0 Å². The van der Waals surface area contributed by atoms with E-state index in [1.165, 1.54) is 6.21 Å². The number of nitrogens with zero attached hydrogens (tertiary/aromatic N) is 1. The van der Waals surface area contributed by atoms with E-state index in [0.717, 1.165) is 5.56 Å². The third kappa shape index (κ3) is 4.55. The highest BCUT2D eigenvalue weighted by Gasteiger charge is 2.16. The number of aliphatic hydroxyl groups excluding tert-OH is 1. The summed E-state index contributed by atoms with van der Waals surface area (Å²) in [5, 5.41) is 14.3. The van der Waals surface area contributed by atoms with Crippen molar-refractivity contribution < 1.29 is 19.1 Å². The van der Waals surface area contributed by atoms with Crippen molar-refractivity contribution in [1.82, 2.24) is 5.43 Å². The third-order valence-corrected chi connectivity index (χ3v) is 4.09. The highest BCUT2D eigenvalue weighted by atomic mass is 35.5. The lowest BCUT2D eigenvalue weighted by atomic mass is 10.1. The molecule has 1 heterocycles. The first kappa shape index (κ1) is 18.7. The number of aliphatic hydroxyl groups is 1. The van der Waals surface area contributed by atoms with Gasteiger partial charge in [0.15, 0.2) is 6.10 Å². The number of methoxy groups -OCH3 is 1. The second-order valence-corrected chi connectivity index (χ2v) is 6.01. The summed E-state index contributed by atoms with van der Waals surface area (Å²) < 4.78 is 10.8. The average molecular weight is 385 g/mol. The Balaban J connectivity index is 1.63. The predicted octanol–water partition coefficient (Wildman–Crippen LogP) is 3.79. The Hall–Kier alpha value is -3.09. The quantitative estimate of drug-likeness (QED) is 0.500. The molecule has 27 heavy (non-hydrogen) atoms. The lowest BCUT2D eigenvalue weighted by Crippen LogP contribution is -2.25. The zero-order valence-corrected chi connectivity index (χ0v) is 15.2. The van der Waals surface area contributed by atoms with Crippen molar-refractivity contribution in [1.29, 1.82) is 0 Å². The number of amides is 1. The minimum absolute atomic E-state index is 0.437. The van der Waals surface area contributed by atoms with Gasteiger partial charge in [0.05, 0.1) is 18.3 Å². The molecule has 0 unspecified atom stereocenters. The van der Waals surface area contributed by atoms with Crippen molar-refractivity contribution in [3.8, 4) is 17.1 Å². The van der Waals surface area contributed by atoms with Gasteiger partial charge in [0, 0.05) is 5.56 Å². The van der Waals surface area contributed by atoms with E-state index in [-0.39, 0.29) is 0 Å². The van der Waals surface area contributed by atoms with Gasteiger partial charge in [0.25, 0.3) is 5.91 Å². The van der Waals surface area contributed by atoms with E-state index in [0.29, 0.717) is 27.9 Å². The van der Waals surface area contributed by atoms with Crippen molar-refractivity contribution in [3.05, 3.63) is 77.0 Å². The minimum atomic E-state index is -1.29. The van der Waals surface area contributed by atoms with Crippen molar-refractivity contribution >= 4 is 23.7 Å². The van der Waals surface area contributed by atoms with Gasteiger partial charge < -0.3 is 14.3 Å². The smallest absolute Gasteiger partial charge is 0.273 e. The number of hydrogen-bond acceptors (Lipinski definition) is 5. The molecule has 1 aromatic heterocycles. The molecule has 7 heteroatoms. The summed E-state index contributed by atoms with van der Waals surface area (Å²) in [4.78, 5) is 11.9. The molecule has 0 radical (unpaired) electrons. The Kier molecular flexibility index (Phi) is 5.90. The fourth-order valence-corrected chi connectivity index (χ4v) is 2.66. The van der Waals surface area contributed by atoms with Crippen molar-refractivity contribution in [2.45, 2.75) is 6.10 Å². The number of ether oxygens (including phenoxy) is 1.